The van der Waals surface area contributed by atoms with Crippen molar-refractivity contribution in [1.82, 2.24) is 24.9 Å². The fourth-order valence-electron chi connectivity index (χ4n) is 3.96. The first-order valence-corrected chi connectivity index (χ1v) is 8.41. The highest BCUT2D eigenvalue weighted by Crippen LogP contribution is 2.36. The molecule has 120 valence electrons. The van der Waals surface area contributed by atoms with Crippen LogP contribution in [0.15, 0.2) is 30.7 Å². The maximum atomic E-state index is 12.8. The molecule has 0 bridgehead atoms. The van der Waals surface area contributed by atoms with Crippen molar-refractivity contribution in [2.75, 3.05) is 6.54 Å². The van der Waals surface area contributed by atoms with E-state index in [9.17, 15) is 4.79 Å². The first-order valence-electron chi connectivity index (χ1n) is 8.41. The maximum absolute atomic E-state index is 12.8. The Morgan fingerprint density at radius 1 is 1.26 bits per heavy atom. The fraction of sp³-hybridized carbons (Fsp3) is 0.529. The number of pyridine rings is 1. The summed E-state index contributed by atoms with van der Waals surface area (Å²) in [6.07, 6.45) is 11.4. The molecule has 0 radical (unpaired) electrons. The molecular weight excluding hydrogens is 290 g/mol. The number of aromatic nitrogens is 4. The number of nitrogens with zero attached hydrogens (tertiary/aromatic N) is 5. The van der Waals surface area contributed by atoms with Gasteiger partial charge in [-0.2, -0.15) is 0 Å². The van der Waals surface area contributed by atoms with E-state index in [1.807, 2.05) is 17.0 Å². The van der Waals surface area contributed by atoms with Crippen LogP contribution in [-0.2, 0) is 6.54 Å². The number of carbonyl (C=O) groups excluding carboxylic acids is 1. The Balaban J connectivity index is 1.47. The molecule has 0 N–H and O–H groups in total. The Labute approximate surface area is 135 Å². The second-order valence-electron chi connectivity index (χ2n) is 6.56. The third-order valence-electron chi connectivity index (χ3n) is 5.10. The summed E-state index contributed by atoms with van der Waals surface area (Å²) in [5.74, 6) is 0.731. The predicted octanol–water partition coefficient (Wildman–Crippen LogP) is 2.13. The highest BCUT2D eigenvalue weighted by molar-refractivity contribution is 5.92. The third kappa shape index (κ3) is 2.85. The van der Waals surface area contributed by atoms with Crippen molar-refractivity contribution in [2.24, 2.45) is 5.92 Å². The molecule has 2 fully saturated rings. The van der Waals surface area contributed by atoms with Gasteiger partial charge in [-0.25, -0.2) is 4.68 Å². The van der Waals surface area contributed by atoms with Crippen LogP contribution in [0.4, 0.5) is 0 Å². The van der Waals surface area contributed by atoms with E-state index in [1.54, 1.807) is 23.3 Å². The minimum absolute atomic E-state index is 0.0387. The van der Waals surface area contributed by atoms with Gasteiger partial charge >= 0.3 is 0 Å². The van der Waals surface area contributed by atoms with Gasteiger partial charge in [-0.15, -0.1) is 5.10 Å². The summed E-state index contributed by atoms with van der Waals surface area (Å²) in [6, 6.07) is 4.30. The Morgan fingerprint density at radius 2 is 2.17 bits per heavy atom. The topological polar surface area (TPSA) is 63.9 Å². The first-order chi connectivity index (χ1) is 11.3. The van der Waals surface area contributed by atoms with Crippen LogP contribution in [0.3, 0.4) is 0 Å². The van der Waals surface area contributed by atoms with Gasteiger partial charge in [-0.1, -0.05) is 24.1 Å². The van der Waals surface area contributed by atoms with E-state index >= 15 is 0 Å². The zero-order valence-corrected chi connectivity index (χ0v) is 13.1. The van der Waals surface area contributed by atoms with Crippen LogP contribution >= 0.6 is 0 Å². The molecule has 1 saturated heterocycles. The van der Waals surface area contributed by atoms with Crippen LogP contribution in [0.2, 0.25) is 0 Å². The average molecular weight is 311 g/mol. The van der Waals surface area contributed by atoms with Gasteiger partial charge in [0.1, 0.15) is 0 Å². The molecule has 1 aliphatic carbocycles. The lowest BCUT2D eigenvalue weighted by atomic mass is 9.85. The summed E-state index contributed by atoms with van der Waals surface area (Å²) in [7, 11) is 0. The predicted molar refractivity (Wildman–Crippen MR) is 84.8 cm³/mol. The lowest BCUT2D eigenvalue weighted by molar-refractivity contribution is 0.0684. The van der Waals surface area contributed by atoms with E-state index in [4.69, 9.17) is 0 Å². The van der Waals surface area contributed by atoms with Gasteiger partial charge in [0, 0.05) is 25.0 Å². The number of carbonyl (C=O) groups is 1. The fourth-order valence-corrected chi connectivity index (χ4v) is 3.96. The molecule has 6 heteroatoms. The van der Waals surface area contributed by atoms with E-state index in [0.717, 1.165) is 24.9 Å². The van der Waals surface area contributed by atoms with Crippen molar-refractivity contribution in [2.45, 2.75) is 44.7 Å². The van der Waals surface area contributed by atoms with Crippen molar-refractivity contribution in [3.63, 3.8) is 0 Å². The number of amides is 1. The molecule has 0 aromatic carbocycles. The van der Waals surface area contributed by atoms with Gasteiger partial charge in [-0.05, 0) is 36.8 Å². The van der Waals surface area contributed by atoms with Gasteiger partial charge in [0.2, 0.25) is 0 Å². The number of likely N-dealkylation sites (tertiary alicyclic amines) is 1. The summed E-state index contributed by atoms with van der Waals surface area (Å²) in [5.41, 5.74) is 1.50. The molecular formula is C17H21N5O. The first kappa shape index (κ1) is 14.4. The molecule has 4 rings (SSSR count). The summed E-state index contributed by atoms with van der Waals surface area (Å²) >= 11 is 0. The van der Waals surface area contributed by atoms with Crippen LogP contribution < -0.4 is 0 Å². The lowest BCUT2D eigenvalue weighted by Crippen LogP contribution is -2.39. The van der Waals surface area contributed by atoms with Crippen LogP contribution in [0.1, 0.15) is 48.2 Å². The summed E-state index contributed by atoms with van der Waals surface area (Å²) in [6.45, 7) is 1.45. The molecule has 0 spiro atoms. The molecule has 1 aliphatic heterocycles. The number of hydrogen-bond donors (Lipinski definition) is 0. The standard InChI is InChI=1S/C17H21N5O/c23-17(22-9-7-14-5-1-2-6-16(14)22)15-12-21(20-19-15)11-13-4-3-8-18-10-13/h3-4,8,10,12,14,16H,1-2,5-7,9,11H2/t14-,16-/m0/s1. The van der Waals surface area contributed by atoms with E-state index in [1.165, 1.54) is 19.3 Å². The largest absolute Gasteiger partial charge is 0.334 e. The molecule has 6 nitrogen and oxygen atoms in total. The minimum atomic E-state index is 0.0387. The quantitative estimate of drug-likeness (QED) is 0.871. The van der Waals surface area contributed by atoms with E-state index in [2.05, 4.69) is 15.3 Å². The molecule has 2 aliphatic rings. The smallest absolute Gasteiger partial charge is 0.276 e. The maximum Gasteiger partial charge on any atom is 0.276 e. The van der Waals surface area contributed by atoms with E-state index in [-0.39, 0.29) is 5.91 Å². The molecule has 3 heterocycles. The second kappa shape index (κ2) is 6.10. The van der Waals surface area contributed by atoms with Crippen LogP contribution in [0.5, 0.6) is 0 Å². The van der Waals surface area contributed by atoms with Gasteiger partial charge in [-0.3, -0.25) is 9.78 Å². The van der Waals surface area contributed by atoms with Gasteiger partial charge < -0.3 is 4.90 Å². The van der Waals surface area contributed by atoms with E-state index < -0.39 is 0 Å². The zero-order valence-electron chi connectivity index (χ0n) is 13.1. The Morgan fingerprint density at radius 3 is 3.04 bits per heavy atom. The molecule has 2 aromatic rings. The Kier molecular flexibility index (Phi) is 3.81. The van der Waals surface area contributed by atoms with Crippen molar-refractivity contribution in [1.29, 1.82) is 0 Å². The normalized spacial score (nSPS) is 23.7. The molecule has 2 aromatic heterocycles. The second-order valence-corrected chi connectivity index (χ2v) is 6.56. The molecule has 23 heavy (non-hydrogen) atoms. The van der Waals surface area contributed by atoms with Gasteiger partial charge in [0.25, 0.3) is 5.91 Å². The summed E-state index contributed by atoms with van der Waals surface area (Å²) in [4.78, 5) is 18.9. The molecule has 1 amide bonds. The van der Waals surface area contributed by atoms with Crippen molar-refractivity contribution in [3.8, 4) is 0 Å². The zero-order chi connectivity index (χ0) is 15.6. The Hall–Kier alpha value is -2.24. The van der Waals surface area contributed by atoms with Crippen LogP contribution in [0, 0.1) is 5.92 Å². The lowest BCUT2D eigenvalue weighted by Gasteiger charge is -2.31. The third-order valence-corrected chi connectivity index (χ3v) is 5.10. The molecule has 1 saturated carbocycles. The average Bonchev–Trinajstić information content (AvgIpc) is 3.22. The van der Waals surface area contributed by atoms with Crippen LogP contribution in [-0.4, -0.2) is 43.4 Å². The van der Waals surface area contributed by atoms with Crippen molar-refractivity contribution in [3.05, 3.63) is 42.0 Å². The summed E-state index contributed by atoms with van der Waals surface area (Å²) in [5, 5.41) is 8.20. The van der Waals surface area contributed by atoms with Crippen molar-refractivity contribution >= 4 is 5.91 Å². The number of hydrogen-bond acceptors (Lipinski definition) is 4. The Bertz CT molecular complexity index is 683. The number of fused-ring (bicyclic) bond motifs is 1. The van der Waals surface area contributed by atoms with E-state index in [0.29, 0.717) is 24.2 Å². The summed E-state index contributed by atoms with van der Waals surface area (Å²) < 4.78 is 1.71. The van der Waals surface area contributed by atoms with Gasteiger partial charge in [0.05, 0.1) is 12.7 Å². The van der Waals surface area contributed by atoms with Crippen LogP contribution in [0.25, 0.3) is 0 Å². The minimum Gasteiger partial charge on any atom is -0.334 e. The highest BCUT2D eigenvalue weighted by atomic mass is 16.2. The van der Waals surface area contributed by atoms with Gasteiger partial charge in [0.15, 0.2) is 5.69 Å². The molecule has 2 atom stereocenters. The number of rotatable bonds is 3. The molecule has 0 unspecified atom stereocenters. The highest BCUT2D eigenvalue weighted by Gasteiger charge is 2.39. The monoisotopic (exact) mass is 311 g/mol. The SMILES string of the molecule is O=C(c1cn(Cc2cccnc2)nn1)N1CC[C@@H]2CCCC[C@@H]21. The van der Waals surface area contributed by atoms with Crippen molar-refractivity contribution < 1.29 is 4.79 Å².